The molecule has 0 unspecified atom stereocenters. The average Bonchev–Trinajstić information content (AvgIpc) is 2.93. The number of amides is 1. The lowest BCUT2D eigenvalue weighted by Crippen LogP contribution is -2.12. The zero-order valence-corrected chi connectivity index (χ0v) is 11.9. The first-order chi connectivity index (χ1) is 10.2. The Kier molecular flexibility index (Phi) is 3.50. The zero-order valence-electron chi connectivity index (χ0n) is 11.2. The Morgan fingerprint density at radius 1 is 1.33 bits per heavy atom. The maximum absolute atomic E-state index is 12.3. The first kappa shape index (κ1) is 13.5. The number of fused-ring (bicyclic) bond motifs is 1. The van der Waals surface area contributed by atoms with Crippen molar-refractivity contribution in [2.75, 3.05) is 12.4 Å². The van der Waals surface area contributed by atoms with Gasteiger partial charge in [-0.15, -0.1) is 0 Å². The van der Waals surface area contributed by atoms with Crippen LogP contribution in [0.5, 0.6) is 5.75 Å². The van der Waals surface area contributed by atoms with Crippen LogP contribution >= 0.6 is 11.6 Å². The van der Waals surface area contributed by atoms with E-state index in [2.05, 4.69) is 15.5 Å². The number of carbonyl (C=O) groups excluding carboxylic acids is 1. The van der Waals surface area contributed by atoms with E-state index in [1.807, 2.05) is 0 Å². The van der Waals surface area contributed by atoms with Crippen LogP contribution in [0.4, 0.5) is 5.69 Å². The Bertz CT molecular complexity index is 814. The number of hydrogen-bond acceptors (Lipinski definition) is 3. The maximum Gasteiger partial charge on any atom is 0.255 e. The zero-order chi connectivity index (χ0) is 14.8. The second-order valence-corrected chi connectivity index (χ2v) is 4.91. The number of nitrogens with zero attached hydrogens (tertiary/aromatic N) is 1. The Balaban J connectivity index is 1.95. The minimum absolute atomic E-state index is 0.251. The standard InChI is InChI=1S/C15H12ClN3O2/c1-21-14-7-12-10(8-17-19-12)6-13(14)18-15(20)9-3-2-4-11(16)5-9/h2-8H,1H3,(H,17,19)(H,18,20). The summed E-state index contributed by atoms with van der Waals surface area (Å²) in [5.74, 6) is 0.306. The molecule has 5 nitrogen and oxygen atoms in total. The maximum atomic E-state index is 12.3. The summed E-state index contributed by atoms with van der Waals surface area (Å²) >= 11 is 5.90. The topological polar surface area (TPSA) is 67.0 Å². The Morgan fingerprint density at radius 2 is 2.19 bits per heavy atom. The highest BCUT2D eigenvalue weighted by Crippen LogP contribution is 2.29. The van der Waals surface area contributed by atoms with Crippen LogP contribution < -0.4 is 10.1 Å². The van der Waals surface area contributed by atoms with E-state index in [4.69, 9.17) is 16.3 Å². The minimum Gasteiger partial charge on any atom is -0.494 e. The number of hydrogen-bond donors (Lipinski definition) is 2. The molecule has 0 bridgehead atoms. The second-order valence-electron chi connectivity index (χ2n) is 4.47. The third kappa shape index (κ3) is 2.68. The molecule has 3 rings (SSSR count). The molecular weight excluding hydrogens is 290 g/mol. The van der Waals surface area contributed by atoms with Crippen LogP contribution in [-0.4, -0.2) is 23.2 Å². The fraction of sp³-hybridized carbons (Fsp3) is 0.0667. The van der Waals surface area contributed by atoms with E-state index in [0.717, 1.165) is 10.9 Å². The Hall–Kier alpha value is -2.53. The van der Waals surface area contributed by atoms with E-state index in [-0.39, 0.29) is 5.91 Å². The van der Waals surface area contributed by atoms with Gasteiger partial charge in [-0.05, 0) is 24.3 Å². The van der Waals surface area contributed by atoms with Crippen molar-refractivity contribution in [2.24, 2.45) is 0 Å². The summed E-state index contributed by atoms with van der Waals surface area (Å²) in [4.78, 5) is 12.3. The highest BCUT2D eigenvalue weighted by molar-refractivity contribution is 6.31. The summed E-state index contributed by atoms with van der Waals surface area (Å²) in [6.07, 6.45) is 1.68. The third-order valence-electron chi connectivity index (χ3n) is 3.10. The highest BCUT2D eigenvalue weighted by atomic mass is 35.5. The lowest BCUT2D eigenvalue weighted by molar-refractivity contribution is 0.102. The van der Waals surface area contributed by atoms with E-state index in [9.17, 15) is 4.79 Å². The van der Waals surface area contributed by atoms with Crippen LogP contribution in [0, 0.1) is 0 Å². The lowest BCUT2D eigenvalue weighted by Gasteiger charge is -2.10. The molecule has 0 aliphatic carbocycles. The number of aromatic amines is 1. The molecule has 0 spiro atoms. The fourth-order valence-electron chi connectivity index (χ4n) is 2.06. The molecule has 6 heteroatoms. The predicted molar refractivity (Wildman–Crippen MR) is 82.1 cm³/mol. The van der Waals surface area contributed by atoms with Gasteiger partial charge in [-0.3, -0.25) is 9.89 Å². The van der Waals surface area contributed by atoms with Gasteiger partial charge >= 0.3 is 0 Å². The normalized spacial score (nSPS) is 10.6. The minimum atomic E-state index is -0.251. The van der Waals surface area contributed by atoms with Crippen molar-refractivity contribution in [3.05, 3.63) is 53.2 Å². The molecule has 0 saturated carbocycles. The molecule has 1 aromatic heterocycles. The molecule has 0 aliphatic heterocycles. The third-order valence-corrected chi connectivity index (χ3v) is 3.33. The van der Waals surface area contributed by atoms with Crippen molar-refractivity contribution in [1.29, 1.82) is 0 Å². The summed E-state index contributed by atoms with van der Waals surface area (Å²) in [7, 11) is 1.55. The second kappa shape index (κ2) is 5.46. The van der Waals surface area contributed by atoms with Gasteiger partial charge in [-0.2, -0.15) is 5.10 Å². The van der Waals surface area contributed by atoms with E-state index < -0.39 is 0 Å². The van der Waals surface area contributed by atoms with Gasteiger partial charge in [0.05, 0.1) is 24.5 Å². The number of nitrogens with one attached hydrogen (secondary N) is 2. The number of rotatable bonds is 3. The molecule has 2 N–H and O–H groups in total. The number of benzene rings is 2. The van der Waals surface area contributed by atoms with Gasteiger partial charge in [0.2, 0.25) is 0 Å². The van der Waals surface area contributed by atoms with Crippen molar-refractivity contribution in [2.45, 2.75) is 0 Å². The van der Waals surface area contributed by atoms with Gasteiger partial charge in [0.1, 0.15) is 5.75 Å². The summed E-state index contributed by atoms with van der Waals surface area (Å²) in [6, 6.07) is 10.4. The smallest absolute Gasteiger partial charge is 0.255 e. The molecule has 1 heterocycles. The van der Waals surface area contributed by atoms with Crippen LogP contribution in [0.1, 0.15) is 10.4 Å². The van der Waals surface area contributed by atoms with Gasteiger partial charge in [-0.25, -0.2) is 0 Å². The van der Waals surface area contributed by atoms with Gasteiger partial charge < -0.3 is 10.1 Å². The summed E-state index contributed by atoms with van der Waals surface area (Å²) in [6.45, 7) is 0. The summed E-state index contributed by atoms with van der Waals surface area (Å²) < 4.78 is 5.29. The molecule has 106 valence electrons. The first-order valence-electron chi connectivity index (χ1n) is 6.25. The monoisotopic (exact) mass is 301 g/mol. The highest BCUT2D eigenvalue weighted by Gasteiger charge is 2.12. The van der Waals surface area contributed by atoms with E-state index in [1.165, 1.54) is 0 Å². The average molecular weight is 302 g/mol. The molecule has 0 aliphatic rings. The molecule has 0 atom stereocenters. The van der Waals surface area contributed by atoms with Gasteiger partial charge in [0.25, 0.3) is 5.91 Å². The number of halogens is 1. The molecule has 0 saturated heterocycles. The number of H-pyrrole nitrogens is 1. The Labute approximate surface area is 125 Å². The number of aromatic nitrogens is 2. The molecular formula is C15H12ClN3O2. The van der Waals surface area contributed by atoms with Crippen LogP contribution in [-0.2, 0) is 0 Å². The van der Waals surface area contributed by atoms with Crippen LogP contribution in [0.3, 0.4) is 0 Å². The molecule has 1 amide bonds. The van der Waals surface area contributed by atoms with Gasteiger partial charge in [0, 0.05) is 22.0 Å². The number of methoxy groups -OCH3 is 1. The van der Waals surface area contributed by atoms with E-state index >= 15 is 0 Å². The number of carbonyl (C=O) groups is 1. The van der Waals surface area contributed by atoms with Crippen molar-refractivity contribution in [3.8, 4) is 5.75 Å². The molecule has 2 aromatic carbocycles. The van der Waals surface area contributed by atoms with E-state index in [1.54, 1.807) is 49.7 Å². The molecule has 0 fully saturated rings. The molecule has 0 radical (unpaired) electrons. The van der Waals surface area contributed by atoms with Crippen molar-refractivity contribution in [1.82, 2.24) is 10.2 Å². The van der Waals surface area contributed by atoms with Gasteiger partial charge in [0.15, 0.2) is 0 Å². The fourth-order valence-corrected chi connectivity index (χ4v) is 2.25. The van der Waals surface area contributed by atoms with Crippen LogP contribution in [0.25, 0.3) is 10.9 Å². The molecule has 3 aromatic rings. The van der Waals surface area contributed by atoms with Crippen molar-refractivity contribution < 1.29 is 9.53 Å². The predicted octanol–water partition coefficient (Wildman–Crippen LogP) is 3.48. The van der Waals surface area contributed by atoms with Crippen molar-refractivity contribution >= 4 is 34.1 Å². The number of anilines is 1. The summed E-state index contributed by atoms with van der Waals surface area (Å²) in [5.41, 5.74) is 1.90. The van der Waals surface area contributed by atoms with Crippen molar-refractivity contribution in [3.63, 3.8) is 0 Å². The lowest BCUT2D eigenvalue weighted by atomic mass is 10.2. The quantitative estimate of drug-likeness (QED) is 0.778. The first-order valence-corrected chi connectivity index (χ1v) is 6.63. The SMILES string of the molecule is COc1cc2[nH]ncc2cc1NC(=O)c1cccc(Cl)c1. The van der Waals surface area contributed by atoms with Crippen LogP contribution in [0.15, 0.2) is 42.6 Å². The molecule has 21 heavy (non-hydrogen) atoms. The van der Waals surface area contributed by atoms with Gasteiger partial charge in [-0.1, -0.05) is 17.7 Å². The largest absolute Gasteiger partial charge is 0.494 e. The Morgan fingerprint density at radius 3 is 2.95 bits per heavy atom. The number of ether oxygens (including phenoxy) is 1. The van der Waals surface area contributed by atoms with Crippen LogP contribution in [0.2, 0.25) is 5.02 Å². The summed E-state index contributed by atoms with van der Waals surface area (Å²) in [5, 5.41) is 11.0. The van der Waals surface area contributed by atoms with E-state index in [0.29, 0.717) is 22.0 Å².